The van der Waals surface area contributed by atoms with Crippen LogP contribution >= 0.6 is 0 Å². The Hall–Kier alpha value is -3.28. The molecule has 0 fully saturated rings. The lowest BCUT2D eigenvalue weighted by Gasteiger charge is -2.10. The Morgan fingerprint density at radius 1 is 1.04 bits per heavy atom. The monoisotopic (exact) mass is 333 g/mol. The first-order chi connectivity index (χ1) is 12.1. The van der Waals surface area contributed by atoms with Gasteiger partial charge in [0, 0.05) is 41.9 Å². The first-order valence-electron chi connectivity index (χ1n) is 7.96. The number of carbonyl (C=O) groups excluding carboxylic acids is 1. The van der Waals surface area contributed by atoms with Crippen molar-refractivity contribution in [3.8, 4) is 0 Å². The van der Waals surface area contributed by atoms with E-state index in [1.165, 1.54) is 0 Å². The summed E-state index contributed by atoms with van der Waals surface area (Å²) in [5.74, 6) is 1.29. The second-order valence-electron chi connectivity index (χ2n) is 5.69. The van der Waals surface area contributed by atoms with Crippen molar-refractivity contribution in [1.82, 2.24) is 15.0 Å². The van der Waals surface area contributed by atoms with E-state index in [-0.39, 0.29) is 5.78 Å². The van der Waals surface area contributed by atoms with Crippen molar-refractivity contribution in [1.29, 1.82) is 0 Å². The number of carbonyl (C=O) groups is 1. The molecule has 25 heavy (non-hydrogen) atoms. The second-order valence-corrected chi connectivity index (χ2v) is 5.69. The number of nitrogens with one attached hydrogen (secondary N) is 2. The maximum absolute atomic E-state index is 11.3. The van der Waals surface area contributed by atoms with Crippen LogP contribution in [0.1, 0.15) is 28.5 Å². The fourth-order valence-electron chi connectivity index (χ4n) is 2.33. The predicted octanol–water partition coefficient (Wildman–Crippen LogP) is 3.74. The van der Waals surface area contributed by atoms with Crippen LogP contribution in [-0.2, 0) is 6.54 Å². The number of aryl methyl sites for hydroxylation is 1. The fourth-order valence-corrected chi connectivity index (χ4v) is 2.33. The van der Waals surface area contributed by atoms with Gasteiger partial charge in [-0.15, -0.1) is 0 Å². The zero-order valence-electron chi connectivity index (χ0n) is 14.2. The summed E-state index contributed by atoms with van der Waals surface area (Å²) in [4.78, 5) is 24.2. The number of nitrogens with zero attached hydrogens (tertiary/aromatic N) is 3. The molecule has 2 aromatic heterocycles. The minimum absolute atomic E-state index is 0.0425. The topological polar surface area (TPSA) is 79.8 Å². The number of hydrogen-bond donors (Lipinski definition) is 2. The third kappa shape index (κ3) is 4.60. The molecule has 0 saturated heterocycles. The van der Waals surface area contributed by atoms with Crippen LogP contribution in [0, 0.1) is 6.92 Å². The molecule has 2 N–H and O–H groups in total. The van der Waals surface area contributed by atoms with Crippen molar-refractivity contribution >= 4 is 23.2 Å². The van der Waals surface area contributed by atoms with E-state index in [4.69, 9.17) is 0 Å². The van der Waals surface area contributed by atoms with E-state index in [2.05, 4.69) is 25.6 Å². The average Bonchev–Trinajstić information content (AvgIpc) is 2.61. The van der Waals surface area contributed by atoms with Crippen LogP contribution in [0.3, 0.4) is 0 Å². The number of aromatic nitrogens is 3. The summed E-state index contributed by atoms with van der Waals surface area (Å²) >= 11 is 0. The van der Waals surface area contributed by atoms with Gasteiger partial charge in [-0.05, 0) is 55.8 Å². The molecule has 0 amide bonds. The molecule has 0 saturated carbocycles. The number of pyridine rings is 1. The fraction of sp³-hybridized carbons (Fsp3) is 0.158. The zero-order chi connectivity index (χ0) is 17.6. The quantitative estimate of drug-likeness (QED) is 0.669. The number of ketones is 1. The van der Waals surface area contributed by atoms with Crippen LogP contribution in [0.25, 0.3) is 0 Å². The Morgan fingerprint density at radius 3 is 2.44 bits per heavy atom. The van der Waals surface area contributed by atoms with E-state index >= 15 is 0 Å². The molecule has 126 valence electrons. The van der Waals surface area contributed by atoms with Gasteiger partial charge in [0.05, 0.1) is 0 Å². The van der Waals surface area contributed by atoms with Crippen molar-refractivity contribution in [2.45, 2.75) is 20.4 Å². The molecule has 6 heteroatoms. The number of hydrogen-bond acceptors (Lipinski definition) is 6. The largest absolute Gasteiger partial charge is 0.366 e. The highest BCUT2D eigenvalue weighted by atomic mass is 16.1. The number of anilines is 3. The zero-order valence-corrected chi connectivity index (χ0v) is 14.2. The molecule has 3 rings (SSSR count). The molecule has 3 aromatic rings. The second kappa shape index (κ2) is 7.53. The Balaban J connectivity index is 1.71. The van der Waals surface area contributed by atoms with Gasteiger partial charge in [-0.2, -0.15) is 4.98 Å². The SMILES string of the molecule is CC(=O)c1ccc(Nc2nc(C)cc(NCc3ccncc3)n2)cc1. The molecule has 0 radical (unpaired) electrons. The number of benzene rings is 1. The average molecular weight is 333 g/mol. The van der Waals surface area contributed by atoms with Crippen molar-refractivity contribution < 1.29 is 4.79 Å². The van der Waals surface area contributed by atoms with E-state index in [1.807, 2.05) is 37.3 Å². The molecule has 0 aliphatic rings. The van der Waals surface area contributed by atoms with Gasteiger partial charge in [0.2, 0.25) is 5.95 Å². The molecule has 0 bridgehead atoms. The van der Waals surface area contributed by atoms with Crippen LogP contribution in [0.4, 0.5) is 17.5 Å². The lowest BCUT2D eigenvalue weighted by atomic mass is 10.1. The molecule has 1 aromatic carbocycles. The smallest absolute Gasteiger partial charge is 0.229 e. The van der Waals surface area contributed by atoms with Crippen molar-refractivity contribution in [2.75, 3.05) is 10.6 Å². The summed E-state index contributed by atoms with van der Waals surface area (Å²) in [6.45, 7) is 4.13. The maximum atomic E-state index is 11.3. The summed E-state index contributed by atoms with van der Waals surface area (Å²) in [5, 5.41) is 6.45. The van der Waals surface area contributed by atoms with Crippen molar-refractivity contribution in [3.05, 3.63) is 71.7 Å². The summed E-state index contributed by atoms with van der Waals surface area (Å²) < 4.78 is 0. The summed E-state index contributed by atoms with van der Waals surface area (Å²) in [7, 11) is 0. The van der Waals surface area contributed by atoms with E-state index in [1.54, 1.807) is 31.5 Å². The van der Waals surface area contributed by atoms with Gasteiger partial charge in [0.1, 0.15) is 5.82 Å². The van der Waals surface area contributed by atoms with Crippen LogP contribution in [0.15, 0.2) is 54.9 Å². The van der Waals surface area contributed by atoms with Crippen LogP contribution in [0.5, 0.6) is 0 Å². The van der Waals surface area contributed by atoms with Crippen LogP contribution in [0.2, 0.25) is 0 Å². The maximum Gasteiger partial charge on any atom is 0.229 e. The molecular weight excluding hydrogens is 314 g/mol. The Bertz CT molecular complexity index is 863. The molecule has 6 nitrogen and oxygen atoms in total. The van der Waals surface area contributed by atoms with Gasteiger partial charge in [-0.3, -0.25) is 9.78 Å². The lowest BCUT2D eigenvalue weighted by Crippen LogP contribution is -2.05. The Labute approximate surface area is 146 Å². The van der Waals surface area contributed by atoms with E-state index in [9.17, 15) is 4.79 Å². The summed E-state index contributed by atoms with van der Waals surface area (Å²) in [6, 6.07) is 13.0. The molecule has 0 spiro atoms. The van der Waals surface area contributed by atoms with Gasteiger partial charge in [-0.25, -0.2) is 4.98 Å². The first kappa shape index (κ1) is 16.6. The number of Topliss-reactive ketones (excluding diaryl/α,β-unsaturated/α-hetero) is 1. The van der Waals surface area contributed by atoms with E-state index in [0.717, 1.165) is 22.8 Å². The van der Waals surface area contributed by atoms with Gasteiger partial charge in [0.25, 0.3) is 0 Å². The number of rotatable bonds is 6. The minimum Gasteiger partial charge on any atom is -0.366 e. The molecule has 0 atom stereocenters. The van der Waals surface area contributed by atoms with E-state index < -0.39 is 0 Å². The molecular formula is C19H19N5O. The normalized spacial score (nSPS) is 10.3. The first-order valence-corrected chi connectivity index (χ1v) is 7.96. The summed E-state index contributed by atoms with van der Waals surface area (Å²) in [6.07, 6.45) is 3.53. The van der Waals surface area contributed by atoms with Crippen molar-refractivity contribution in [2.24, 2.45) is 0 Å². The standard InChI is InChI=1S/C19H19N5O/c1-13-11-18(21-12-15-7-9-20-10-8-15)24-19(22-13)23-17-5-3-16(4-6-17)14(2)25/h3-11H,12H2,1-2H3,(H2,21,22,23,24). The minimum atomic E-state index is 0.0425. The lowest BCUT2D eigenvalue weighted by molar-refractivity contribution is 0.101. The van der Waals surface area contributed by atoms with Gasteiger partial charge in [-0.1, -0.05) is 0 Å². The van der Waals surface area contributed by atoms with Crippen molar-refractivity contribution in [3.63, 3.8) is 0 Å². The molecule has 0 aliphatic carbocycles. The third-order valence-corrected chi connectivity index (χ3v) is 3.62. The highest BCUT2D eigenvalue weighted by Gasteiger charge is 2.04. The highest BCUT2D eigenvalue weighted by Crippen LogP contribution is 2.17. The van der Waals surface area contributed by atoms with Gasteiger partial charge < -0.3 is 10.6 Å². The van der Waals surface area contributed by atoms with Crippen LogP contribution in [-0.4, -0.2) is 20.7 Å². The van der Waals surface area contributed by atoms with Gasteiger partial charge >= 0.3 is 0 Å². The molecule has 0 aliphatic heterocycles. The van der Waals surface area contributed by atoms with E-state index in [0.29, 0.717) is 18.1 Å². The predicted molar refractivity (Wildman–Crippen MR) is 98.1 cm³/mol. The highest BCUT2D eigenvalue weighted by molar-refractivity contribution is 5.94. The Kier molecular flexibility index (Phi) is 4.99. The van der Waals surface area contributed by atoms with Crippen LogP contribution < -0.4 is 10.6 Å². The Morgan fingerprint density at radius 2 is 1.76 bits per heavy atom. The third-order valence-electron chi connectivity index (χ3n) is 3.62. The summed E-state index contributed by atoms with van der Waals surface area (Å²) in [5.41, 5.74) is 3.49. The molecule has 0 unspecified atom stereocenters. The molecule has 2 heterocycles. The van der Waals surface area contributed by atoms with Gasteiger partial charge in [0.15, 0.2) is 5.78 Å².